The molecule has 0 saturated carbocycles. The van der Waals surface area contributed by atoms with Gasteiger partial charge in [-0.25, -0.2) is 19.2 Å². The predicted octanol–water partition coefficient (Wildman–Crippen LogP) is 5.16. The van der Waals surface area contributed by atoms with Crippen LogP contribution < -0.4 is 22.1 Å². The standard InChI is InChI=1S/C23H18F4N6O2S/c24-14-6-3-12(23(25,26)27)9-15(14)33-22(35)32-13-4-1-11(2-5-13)18-16(7-8-17(28)34)36-21-19(18)20(29)30-10-31-21/h1-6,9-10H,7-8H2,(H2,28,34)(H2,29,30,31)(H2,32,33,35). The van der Waals surface area contributed by atoms with E-state index < -0.39 is 35.2 Å². The molecule has 2 aromatic carbocycles. The first-order valence-corrected chi connectivity index (χ1v) is 11.2. The molecule has 0 aliphatic heterocycles. The van der Waals surface area contributed by atoms with Gasteiger partial charge in [0.2, 0.25) is 5.91 Å². The number of amides is 3. The monoisotopic (exact) mass is 518 g/mol. The summed E-state index contributed by atoms with van der Waals surface area (Å²) < 4.78 is 52.6. The highest BCUT2D eigenvalue weighted by Crippen LogP contribution is 2.41. The average Bonchev–Trinajstić information content (AvgIpc) is 3.19. The molecule has 0 aliphatic carbocycles. The first-order chi connectivity index (χ1) is 17.0. The quantitative estimate of drug-likeness (QED) is 0.262. The lowest BCUT2D eigenvalue weighted by molar-refractivity contribution is -0.137. The summed E-state index contributed by atoms with van der Waals surface area (Å²) in [5, 5.41) is 5.15. The number of benzene rings is 2. The van der Waals surface area contributed by atoms with Gasteiger partial charge in [-0.05, 0) is 42.3 Å². The largest absolute Gasteiger partial charge is 0.416 e. The number of alkyl halides is 3. The van der Waals surface area contributed by atoms with Gasteiger partial charge >= 0.3 is 12.2 Å². The first-order valence-electron chi connectivity index (χ1n) is 10.4. The number of nitrogens with one attached hydrogen (secondary N) is 2. The SMILES string of the molecule is NC(=O)CCc1sc2ncnc(N)c2c1-c1ccc(NC(=O)Nc2cc(C(F)(F)F)ccc2F)cc1. The highest BCUT2D eigenvalue weighted by Gasteiger charge is 2.31. The van der Waals surface area contributed by atoms with Crippen molar-refractivity contribution in [3.05, 3.63) is 65.0 Å². The number of carbonyl (C=O) groups excluding carboxylic acids is 2. The van der Waals surface area contributed by atoms with Crippen LogP contribution in [-0.2, 0) is 17.4 Å². The number of anilines is 3. The molecule has 2 heterocycles. The Morgan fingerprint density at radius 1 is 1.03 bits per heavy atom. The summed E-state index contributed by atoms with van der Waals surface area (Å²) in [4.78, 5) is 33.4. The Labute approximate surface area is 205 Å². The maximum atomic E-state index is 13.9. The Morgan fingerprint density at radius 2 is 1.75 bits per heavy atom. The molecule has 36 heavy (non-hydrogen) atoms. The molecule has 0 saturated heterocycles. The van der Waals surface area contributed by atoms with Crippen molar-refractivity contribution in [2.45, 2.75) is 19.0 Å². The third kappa shape index (κ3) is 5.35. The fourth-order valence-corrected chi connectivity index (χ4v) is 4.69. The topological polar surface area (TPSA) is 136 Å². The molecule has 0 unspecified atom stereocenters. The van der Waals surface area contributed by atoms with Gasteiger partial charge < -0.3 is 22.1 Å². The van der Waals surface area contributed by atoms with Crippen molar-refractivity contribution in [3.8, 4) is 11.1 Å². The number of aryl methyl sites for hydroxylation is 1. The maximum absolute atomic E-state index is 13.9. The number of nitrogens with two attached hydrogens (primary N) is 2. The van der Waals surface area contributed by atoms with E-state index in [1.54, 1.807) is 24.3 Å². The number of urea groups is 1. The van der Waals surface area contributed by atoms with E-state index in [0.29, 0.717) is 46.1 Å². The van der Waals surface area contributed by atoms with Gasteiger partial charge in [0, 0.05) is 22.5 Å². The van der Waals surface area contributed by atoms with Crippen molar-refractivity contribution in [2.24, 2.45) is 5.73 Å². The van der Waals surface area contributed by atoms with Crippen LogP contribution in [0.15, 0.2) is 48.8 Å². The molecule has 0 atom stereocenters. The van der Waals surface area contributed by atoms with Crippen molar-refractivity contribution in [1.82, 2.24) is 9.97 Å². The second kappa shape index (κ2) is 9.77. The number of hydrogen-bond donors (Lipinski definition) is 4. The van der Waals surface area contributed by atoms with Crippen LogP contribution in [0.25, 0.3) is 21.3 Å². The second-order valence-corrected chi connectivity index (χ2v) is 8.74. The number of nitrogens with zero attached hydrogens (tertiary/aromatic N) is 2. The van der Waals surface area contributed by atoms with Crippen molar-refractivity contribution in [3.63, 3.8) is 0 Å². The van der Waals surface area contributed by atoms with Crippen molar-refractivity contribution < 1.29 is 27.2 Å². The van der Waals surface area contributed by atoms with E-state index in [2.05, 4.69) is 20.6 Å². The molecule has 0 radical (unpaired) electrons. The molecule has 0 bridgehead atoms. The van der Waals surface area contributed by atoms with Gasteiger partial charge in [0.05, 0.1) is 16.6 Å². The van der Waals surface area contributed by atoms with Crippen molar-refractivity contribution in [1.29, 1.82) is 0 Å². The van der Waals surface area contributed by atoms with Gasteiger partial charge in [-0.15, -0.1) is 11.3 Å². The molecule has 186 valence electrons. The summed E-state index contributed by atoms with van der Waals surface area (Å²) >= 11 is 1.36. The van der Waals surface area contributed by atoms with E-state index in [1.165, 1.54) is 17.7 Å². The highest BCUT2D eigenvalue weighted by atomic mass is 32.1. The van der Waals surface area contributed by atoms with Crippen LogP contribution in [0.1, 0.15) is 16.9 Å². The zero-order chi connectivity index (χ0) is 26.0. The summed E-state index contributed by atoms with van der Waals surface area (Å²) in [7, 11) is 0. The highest BCUT2D eigenvalue weighted by molar-refractivity contribution is 7.19. The third-order valence-corrected chi connectivity index (χ3v) is 6.32. The summed E-state index contributed by atoms with van der Waals surface area (Å²) in [6, 6.07) is 7.27. The number of nitrogen functional groups attached to an aromatic ring is 1. The van der Waals surface area contributed by atoms with Crippen molar-refractivity contribution >= 4 is 50.7 Å². The molecule has 0 spiro atoms. The van der Waals surface area contributed by atoms with Gasteiger partial charge in [0.25, 0.3) is 0 Å². The lowest BCUT2D eigenvalue weighted by Crippen LogP contribution is -2.20. The van der Waals surface area contributed by atoms with Crippen LogP contribution >= 0.6 is 11.3 Å². The van der Waals surface area contributed by atoms with Crippen LogP contribution in [0.4, 0.5) is 39.5 Å². The number of rotatable bonds is 6. The molecule has 2 aromatic heterocycles. The zero-order valence-electron chi connectivity index (χ0n) is 18.3. The minimum atomic E-state index is -4.69. The fourth-order valence-electron chi connectivity index (χ4n) is 3.52. The number of carbonyl (C=O) groups is 2. The molecule has 3 amide bonds. The van der Waals surface area contributed by atoms with Gasteiger partial charge in [-0.3, -0.25) is 4.79 Å². The lowest BCUT2D eigenvalue weighted by Gasteiger charge is -2.12. The number of fused-ring (bicyclic) bond motifs is 1. The number of thiophene rings is 1. The van der Waals surface area contributed by atoms with E-state index in [9.17, 15) is 27.2 Å². The van der Waals surface area contributed by atoms with E-state index >= 15 is 0 Å². The summed E-state index contributed by atoms with van der Waals surface area (Å²) in [6.45, 7) is 0. The smallest absolute Gasteiger partial charge is 0.383 e. The second-order valence-electron chi connectivity index (χ2n) is 7.65. The Balaban J connectivity index is 1.57. The number of primary amides is 1. The normalized spacial score (nSPS) is 11.4. The molecule has 4 aromatic rings. The maximum Gasteiger partial charge on any atom is 0.416 e. The van der Waals surface area contributed by atoms with Crippen LogP contribution in [0.3, 0.4) is 0 Å². The van der Waals surface area contributed by atoms with Crippen LogP contribution in [-0.4, -0.2) is 21.9 Å². The van der Waals surface area contributed by atoms with Gasteiger partial charge in [-0.2, -0.15) is 13.2 Å². The van der Waals surface area contributed by atoms with Gasteiger partial charge in [-0.1, -0.05) is 12.1 Å². The zero-order valence-corrected chi connectivity index (χ0v) is 19.1. The minimum absolute atomic E-state index is 0.124. The molecule has 0 fully saturated rings. The molecular weight excluding hydrogens is 500 g/mol. The minimum Gasteiger partial charge on any atom is -0.383 e. The Morgan fingerprint density at radius 3 is 2.42 bits per heavy atom. The van der Waals surface area contributed by atoms with E-state index in [1.807, 2.05) is 0 Å². The molecule has 0 aliphatic rings. The Kier molecular flexibility index (Phi) is 6.75. The van der Waals surface area contributed by atoms with Crippen LogP contribution in [0.5, 0.6) is 0 Å². The average molecular weight is 518 g/mol. The van der Waals surface area contributed by atoms with Crippen molar-refractivity contribution in [2.75, 3.05) is 16.4 Å². The fraction of sp³-hybridized carbons (Fsp3) is 0.130. The van der Waals surface area contributed by atoms with E-state index in [-0.39, 0.29) is 12.2 Å². The van der Waals surface area contributed by atoms with Gasteiger partial charge in [0.15, 0.2) is 0 Å². The molecule has 8 nitrogen and oxygen atoms in total. The number of aromatic nitrogens is 2. The summed E-state index contributed by atoms with van der Waals surface area (Å²) in [5.74, 6) is -1.21. The molecule has 6 N–H and O–H groups in total. The summed E-state index contributed by atoms with van der Waals surface area (Å²) in [6.07, 6.45) is -2.85. The predicted molar refractivity (Wildman–Crippen MR) is 129 cm³/mol. The van der Waals surface area contributed by atoms with Gasteiger partial charge in [0.1, 0.15) is 22.8 Å². The van der Waals surface area contributed by atoms with E-state index in [4.69, 9.17) is 11.5 Å². The third-order valence-electron chi connectivity index (χ3n) is 5.16. The Bertz CT molecular complexity index is 1450. The molecular formula is C23H18F4N6O2S. The van der Waals surface area contributed by atoms with Crippen LogP contribution in [0, 0.1) is 5.82 Å². The lowest BCUT2D eigenvalue weighted by atomic mass is 10.0. The Hall–Kier alpha value is -4.26. The van der Waals surface area contributed by atoms with Crippen LogP contribution in [0.2, 0.25) is 0 Å². The molecule has 13 heteroatoms. The summed E-state index contributed by atoms with van der Waals surface area (Å²) in [5.41, 5.74) is 11.4. The van der Waals surface area contributed by atoms with E-state index in [0.717, 1.165) is 10.4 Å². The molecule has 4 rings (SSSR count). The number of hydrogen-bond acceptors (Lipinski definition) is 6. The number of halogens is 4. The first kappa shape index (κ1) is 24.9.